The fourth-order valence-corrected chi connectivity index (χ4v) is 2.83. The van der Waals surface area contributed by atoms with Crippen LogP contribution < -0.4 is 20.1 Å². The molecule has 0 atom stereocenters. The number of halogens is 2. The van der Waals surface area contributed by atoms with Gasteiger partial charge in [0.15, 0.2) is 0 Å². The first-order valence-corrected chi connectivity index (χ1v) is 10.3. The number of rotatable bonds is 8. The summed E-state index contributed by atoms with van der Waals surface area (Å²) in [6.45, 7) is 0.552. The summed E-state index contributed by atoms with van der Waals surface area (Å²) in [4.78, 5) is 20.5. The Morgan fingerprint density at radius 3 is 1.41 bits per heavy atom. The van der Waals surface area contributed by atoms with E-state index in [2.05, 4.69) is 20.6 Å². The van der Waals surface area contributed by atoms with Crippen LogP contribution in [0.4, 0.5) is 13.6 Å². The van der Waals surface area contributed by atoms with Gasteiger partial charge in [0.2, 0.25) is 11.8 Å². The van der Waals surface area contributed by atoms with Crippen molar-refractivity contribution in [3.05, 3.63) is 108 Å². The maximum Gasteiger partial charge on any atom is 0.315 e. The highest BCUT2D eigenvalue weighted by atomic mass is 19.1. The van der Waals surface area contributed by atoms with Crippen LogP contribution in [0, 0.1) is 11.6 Å². The Kier molecular flexibility index (Phi) is 7.24. The smallest absolute Gasteiger partial charge is 0.315 e. The molecule has 0 fully saturated rings. The number of ether oxygens (including phenoxy) is 2. The molecule has 172 valence electrons. The van der Waals surface area contributed by atoms with Crippen molar-refractivity contribution in [2.45, 2.75) is 13.1 Å². The molecule has 4 aromatic rings. The number of hydrogen-bond acceptors (Lipinski definition) is 5. The fourth-order valence-electron chi connectivity index (χ4n) is 2.83. The summed E-state index contributed by atoms with van der Waals surface area (Å²) in [6.07, 6.45) is 3.17. The quantitative estimate of drug-likeness (QED) is 0.369. The van der Waals surface area contributed by atoms with E-state index < -0.39 is 0 Å². The van der Waals surface area contributed by atoms with Crippen LogP contribution in [0.3, 0.4) is 0 Å². The molecular weight excluding hydrogens is 442 g/mol. The molecule has 2 aromatic heterocycles. The highest BCUT2D eigenvalue weighted by Gasteiger charge is 2.05. The van der Waals surface area contributed by atoms with E-state index in [1.54, 1.807) is 36.7 Å². The first kappa shape index (κ1) is 22.7. The predicted molar refractivity (Wildman–Crippen MR) is 120 cm³/mol. The van der Waals surface area contributed by atoms with Gasteiger partial charge in [-0.25, -0.2) is 23.5 Å². The summed E-state index contributed by atoms with van der Waals surface area (Å²) < 4.78 is 37.0. The fraction of sp³-hybridized carbons (Fsp3) is 0.0800. The third kappa shape index (κ3) is 6.73. The van der Waals surface area contributed by atoms with Gasteiger partial charge in [-0.2, -0.15) is 0 Å². The minimum Gasteiger partial charge on any atom is -0.439 e. The van der Waals surface area contributed by atoms with Crippen molar-refractivity contribution in [1.29, 1.82) is 0 Å². The molecule has 2 N–H and O–H groups in total. The molecule has 2 amide bonds. The molecule has 2 heterocycles. The number of aromatic nitrogens is 2. The average molecular weight is 462 g/mol. The molecular formula is C25H20F2N4O3. The zero-order valence-electron chi connectivity index (χ0n) is 17.9. The van der Waals surface area contributed by atoms with Gasteiger partial charge in [0.05, 0.1) is 0 Å². The summed E-state index contributed by atoms with van der Waals surface area (Å²) in [7, 11) is 0. The van der Waals surface area contributed by atoms with Crippen molar-refractivity contribution < 1.29 is 23.0 Å². The topological polar surface area (TPSA) is 85.4 Å². The Bertz CT molecular complexity index is 1120. The van der Waals surface area contributed by atoms with E-state index in [-0.39, 0.29) is 30.8 Å². The summed E-state index contributed by atoms with van der Waals surface area (Å²) in [5.41, 5.74) is 1.57. The van der Waals surface area contributed by atoms with Gasteiger partial charge in [-0.05, 0) is 59.7 Å². The Hall–Kier alpha value is -4.53. The van der Waals surface area contributed by atoms with E-state index in [1.165, 1.54) is 48.5 Å². The van der Waals surface area contributed by atoms with E-state index in [4.69, 9.17) is 9.47 Å². The highest BCUT2D eigenvalue weighted by Crippen LogP contribution is 2.20. The molecule has 0 spiro atoms. The molecule has 2 aromatic carbocycles. The monoisotopic (exact) mass is 462 g/mol. The molecule has 0 aliphatic rings. The number of nitrogens with one attached hydrogen (secondary N) is 2. The average Bonchev–Trinajstić information content (AvgIpc) is 2.86. The third-order valence-corrected chi connectivity index (χ3v) is 4.57. The van der Waals surface area contributed by atoms with E-state index in [1.807, 2.05) is 0 Å². The first-order chi connectivity index (χ1) is 16.5. The van der Waals surface area contributed by atoms with Gasteiger partial charge in [0.1, 0.15) is 23.1 Å². The minimum absolute atomic E-state index is 0.276. The second-order valence-corrected chi connectivity index (χ2v) is 7.16. The molecule has 34 heavy (non-hydrogen) atoms. The number of hydrogen-bond donors (Lipinski definition) is 2. The van der Waals surface area contributed by atoms with Crippen molar-refractivity contribution in [2.24, 2.45) is 0 Å². The maximum absolute atomic E-state index is 13.0. The molecule has 7 nitrogen and oxygen atoms in total. The lowest BCUT2D eigenvalue weighted by Gasteiger charge is -2.09. The number of pyridine rings is 2. The molecule has 9 heteroatoms. The lowest BCUT2D eigenvalue weighted by molar-refractivity contribution is 0.240. The SMILES string of the molecule is O=C(NCc1ccc(Oc2ccc(F)cc2)nc1)NCc1ccc(Oc2ccc(F)cc2)nc1. The zero-order valence-corrected chi connectivity index (χ0v) is 17.9. The molecule has 4 rings (SSSR count). The van der Waals surface area contributed by atoms with Crippen LogP contribution in [0.2, 0.25) is 0 Å². The largest absolute Gasteiger partial charge is 0.439 e. The van der Waals surface area contributed by atoms with Gasteiger partial charge < -0.3 is 20.1 Å². The molecule has 0 bridgehead atoms. The number of nitrogens with zero attached hydrogens (tertiary/aromatic N) is 2. The molecule has 0 aliphatic carbocycles. The number of benzene rings is 2. The second-order valence-electron chi connectivity index (χ2n) is 7.16. The van der Waals surface area contributed by atoms with Gasteiger partial charge >= 0.3 is 6.03 Å². The molecule has 0 aliphatic heterocycles. The van der Waals surface area contributed by atoms with E-state index in [9.17, 15) is 13.6 Å². The normalized spacial score (nSPS) is 10.4. The van der Waals surface area contributed by atoms with Gasteiger partial charge in [-0.3, -0.25) is 0 Å². The van der Waals surface area contributed by atoms with Crippen LogP contribution in [-0.4, -0.2) is 16.0 Å². The van der Waals surface area contributed by atoms with Crippen LogP contribution in [0.5, 0.6) is 23.3 Å². The summed E-state index contributed by atoms with van der Waals surface area (Å²) in [5.74, 6) is 0.985. The first-order valence-electron chi connectivity index (χ1n) is 10.3. The van der Waals surface area contributed by atoms with Gasteiger partial charge in [-0.15, -0.1) is 0 Å². The van der Waals surface area contributed by atoms with Crippen LogP contribution >= 0.6 is 0 Å². The van der Waals surface area contributed by atoms with Crippen LogP contribution in [0.15, 0.2) is 85.2 Å². The van der Waals surface area contributed by atoms with Crippen LogP contribution in [0.25, 0.3) is 0 Å². The number of carbonyl (C=O) groups excluding carboxylic acids is 1. The van der Waals surface area contributed by atoms with E-state index in [0.717, 1.165) is 11.1 Å². The van der Waals surface area contributed by atoms with E-state index >= 15 is 0 Å². The van der Waals surface area contributed by atoms with Crippen molar-refractivity contribution in [3.63, 3.8) is 0 Å². The molecule has 0 saturated carbocycles. The standard InChI is InChI=1S/C25H20F2N4O3/c26-19-3-7-21(8-4-19)33-23-11-1-17(13-28-23)15-30-25(32)31-16-18-2-12-24(29-14-18)34-22-9-5-20(27)6-10-22/h1-14H,15-16H2,(H2,30,31,32). The summed E-state index contributed by atoms with van der Waals surface area (Å²) in [5, 5.41) is 5.49. The van der Waals surface area contributed by atoms with Gasteiger partial charge in [0.25, 0.3) is 0 Å². The Balaban J connectivity index is 1.19. The Morgan fingerprint density at radius 1 is 0.647 bits per heavy atom. The highest BCUT2D eigenvalue weighted by molar-refractivity contribution is 5.73. The van der Waals surface area contributed by atoms with E-state index in [0.29, 0.717) is 23.3 Å². The third-order valence-electron chi connectivity index (χ3n) is 4.57. The van der Waals surface area contributed by atoms with Crippen molar-refractivity contribution >= 4 is 6.03 Å². The molecule has 0 saturated heterocycles. The molecule has 0 unspecified atom stereocenters. The number of urea groups is 1. The Labute approximate surface area is 194 Å². The minimum atomic E-state index is -0.349. The summed E-state index contributed by atoms with van der Waals surface area (Å²) >= 11 is 0. The summed E-state index contributed by atoms with van der Waals surface area (Å²) in [6, 6.07) is 17.8. The lowest BCUT2D eigenvalue weighted by Crippen LogP contribution is -2.34. The molecule has 0 radical (unpaired) electrons. The van der Waals surface area contributed by atoms with Crippen LogP contribution in [0.1, 0.15) is 11.1 Å². The number of carbonyl (C=O) groups is 1. The predicted octanol–water partition coefficient (Wildman–Crippen LogP) is 5.34. The second kappa shape index (κ2) is 10.9. The number of amides is 2. The van der Waals surface area contributed by atoms with Gasteiger partial charge in [-0.1, -0.05) is 12.1 Å². The maximum atomic E-state index is 13.0. The van der Waals surface area contributed by atoms with Crippen molar-refractivity contribution in [2.75, 3.05) is 0 Å². The van der Waals surface area contributed by atoms with Crippen molar-refractivity contribution in [1.82, 2.24) is 20.6 Å². The zero-order chi connectivity index (χ0) is 23.8. The lowest BCUT2D eigenvalue weighted by atomic mass is 10.3. The van der Waals surface area contributed by atoms with Crippen LogP contribution in [-0.2, 0) is 13.1 Å². The van der Waals surface area contributed by atoms with Gasteiger partial charge in [0, 0.05) is 37.6 Å². The van der Waals surface area contributed by atoms with Crippen molar-refractivity contribution in [3.8, 4) is 23.3 Å². The Morgan fingerprint density at radius 2 is 1.06 bits per heavy atom.